The average Bonchev–Trinajstić information content (AvgIpc) is 3.52. The molecule has 4 aromatic heterocycles. The number of aryl methyl sites for hydroxylation is 1. The summed E-state index contributed by atoms with van der Waals surface area (Å²) in [5, 5.41) is 5.34. The van der Waals surface area contributed by atoms with E-state index in [1.807, 2.05) is 12.2 Å². The number of carbonyl (C=O) groups excluding carboxylic acids is 1. The molecule has 0 saturated carbocycles. The topological polar surface area (TPSA) is 137 Å². The fourth-order valence-electron chi connectivity index (χ4n) is 4.58. The number of nitrogens with zero attached hydrogens (tertiary/aromatic N) is 6. The molecule has 5 aromatic rings. The molecule has 0 aliphatic heterocycles. The van der Waals surface area contributed by atoms with Gasteiger partial charge in [-0.1, -0.05) is 17.7 Å². The molecule has 4 heterocycles. The van der Waals surface area contributed by atoms with Gasteiger partial charge in [-0.3, -0.25) is 4.79 Å². The average molecular weight is 680 g/mol. The summed E-state index contributed by atoms with van der Waals surface area (Å²) in [6.07, 6.45) is 0.0564. The van der Waals surface area contributed by atoms with Crippen LogP contribution < -0.4 is 10.6 Å². The fraction of sp³-hybridized carbons (Fsp3) is 0.296. The Hall–Kier alpha value is -3.89. The zero-order valence-electron chi connectivity index (χ0n) is 23.1. The molecular weight excluding hydrogens is 653 g/mol. The SMILES string of the molecule is CNCCc1nc2cnc(-c3cn(S(=O)(=O)c4ccc(C)cc4)c4ncc(Br)cc34)nc2n1C(C)C(=O)NCC(F)(F)F. The first-order valence-corrected chi connectivity index (χ1v) is 15.3. The highest BCUT2D eigenvalue weighted by molar-refractivity contribution is 9.10. The van der Waals surface area contributed by atoms with E-state index >= 15 is 0 Å². The normalized spacial score (nSPS) is 13.1. The molecule has 1 aromatic carbocycles. The zero-order valence-corrected chi connectivity index (χ0v) is 25.5. The summed E-state index contributed by atoms with van der Waals surface area (Å²) < 4.78 is 68.9. The summed E-state index contributed by atoms with van der Waals surface area (Å²) in [5.41, 5.74) is 1.90. The van der Waals surface area contributed by atoms with Gasteiger partial charge in [0.05, 0.1) is 11.1 Å². The van der Waals surface area contributed by atoms with E-state index in [2.05, 4.69) is 41.2 Å². The van der Waals surface area contributed by atoms with Crippen LogP contribution in [0.2, 0.25) is 0 Å². The van der Waals surface area contributed by atoms with E-state index in [9.17, 15) is 26.4 Å². The van der Waals surface area contributed by atoms with Crippen molar-refractivity contribution in [2.75, 3.05) is 20.1 Å². The van der Waals surface area contributed by atoms with Crippen molar-refractivity contribution in [1.29, 1.82) is 0 Å². The van der Waals surface area contributed by atoms with Gasteiger partial charge in [-0.2, -0.15) is 13.2 Å². The van der Waals surface area contributed by atoms with Gasteiger partial charge >= 0.3 is 6.18 Å². The summed E-state index contributed by atoms with van der Waals surface area (Å²) in [5.74, 6) is -0.338. The summed E-state index contributed by atoms with van der Waals surface area (Å²) in [4.78, 5) is 30.9. The van der Waals surface area contributed by atoms with Gasteiger partial charge in [0, 0.05) is 40.8 Å². The van der Waals surface area contributed by atoms with Crippen molar-refractivity contribution in [2.45, 2.75) is 37.4 Å². The molecule has 0 fully saturated rings. The van der Waals surface area contributed by atoms with Gasteiger partial charge < -0.3 is 15.2 Å². The Morgan fingerprint density at radius 2 is 1.81 bits per heavy atom. The van der Waals surface area contributed by atoms with Gasteiger partial charge in [-0.15, -0.1) is 0 Å². The van der Waals surface area contributed by atoms with Crippen molar-refractivity contribution in [2.24, 2.45) is 0 Å². The van der Waals surface area contributed by atoms with Crippen LogP contribution in [0.15, 0.2) is 58.3 Å². The molecule has 43 heavy (non-hydrogen) atoms. The van der Waals surface area contributed by atoms with Crippen LogP contribution in [-0.4, -0.2) is 69.1 Å². The number of amides is 1. The van der Waals surface area contributed by atoms with Gasteiger partial charge in [0.25, 0.3) is 10.0 Å². The first kappa shape index (κ1) is 30.6. The molecule has 0 radical (unpaired) electrons. The number of benzene rings is 1. The molecule has 1 atom stereocenters. The lowest BCUT2D eigenvalue weighted by Gasteiger charge is -2.18. The molecule has 11 nitrogen and oxygen atoms in total. The maximum Gasteiger partial charge on any atom is 0.405 e. The summed E-state index contributed by atoms with van der Waals surface area (Å²) >= 11 is 3.39. The van der Waals surface area contributed by atoms with E-state index in [1.165, 1.54) is 42.2 Å². The monoisotopic (exact) mass is 678 g/mol. The summed E-state index contributed by atoms with van der Waals surface area (Å²) in [6, 6.07) is 7.00. The molecule has 0 saturated heterocycles. The van der Waals surface area contributed by atoms with Crippen LogP contribution in [0.1, 0.15) is 24.4 Å². The molecule has 2 N–H and O–H groups in total. The van der Waals surface area contributed by atoms with Gasteiger partial charge in [-0.05, 0) is 55.0 Å². The highest BCUT2D eigenvalue weighted by atomic mass is 79.9. The number of alkyl halides is 3. The number of fused-ring (bicyclic) bond motifs is 2. The highest BCUT2D eigenvalue weighted by Gasteiger charge is 2.31. The number of likely N-dealkylation sites (N-methyl/N-ethyl adjacent to an activating group) is 1. The minimum absolute atomic E-state index is 0.0635. The van der Waals surface area contributed by atoms with Crippen molar-refractivity contribution in [1.82, 2.24) is 39.1 Å². The first-order chi connectivity index (χ1) is 20.3. The van der Waals surface area contributed by atoms with Crippen molar-refractivity contribution in [3.05, 3.63) is 64.8 Å². The third-order valence-electron chi connectivity index (χ3n) is 6.73. The molecule has 0 aliphatic carbocycles. The second-order valence-electron chi connectivity index (χ2n) is 9.84. The summed E-state index contributed by atoms with van der Waals surface area (Å²) in [7, 11) is -2.34. The van der Waals surface area contributed by atoms with Crippen molar-refractivity contribution < 1.29 is 26.4 Å². The van der Waals surface area contributed by atoms with Crippen LogP contribution in [0.25, 0.3) is 33.6 Å². The Balaban J connectivity index is 1.67. The molecule has 1 unspecified atom stereocenters. The maximum atomic E-state index is 13.7. The van der Waals surface area contributed by atoms with E-state index in [1.54, 1.807) is 25.2 Å². The van der Waals surface area contributed by atoms with Crippen LogP contribution in [0, 0.1) is 6.92 Å². The number of imidazole rings is 1. The van der Waals surface area contributed by atoms with Crippen LogP contribution in [0.4, 0.5) is 13.2 Å². The number of hydrogen-bond acceptors (Lipinski definition) is 8. The van der Waals surface area contributed by atoms with E-state index < -0.39 is 34.7 Å². The Morgan fingerprint density at radius 3 is 2.49 bits per heavy atom. The number of halogens is 4. The van der Waals surface area contributed by atoms with Crippen molar-refractivity contribution in [3.8, 4) is 11.4 Å². The van der Waals surface area contributed by atoms with E-state index in [0.717, 1.165) is 9.54 Å². The zero-order chi connectivity index (χ0) is 31.1. The number of carbonyl (C=O) groups is 1. The molecule has 0 bridgehead atoms. The fourth-order valence-corrected chi connectivity index (χ4v) is 6.23. The molecule has 0 aliphatic rings. The minimum Gasteiger partial charge on any atom is -0.345 e. The minimum atomic E-state index is -4.58. The third kappa shape index (κ3) is 6.12. The van der Waals surface area contributed by atoms with Crippen molar-refractivity contribution in [3.63, 3.8) is 0 Å². The Kier molecular flexibility index (Phi) is 8.28. The third-order valence-corrected chi connectivity index (χ3v) is 8.83. The van der Waals surface area contributed by atoms with Crippen molar-refractivity contribution >= 4 is 54.1 Å². The largest absolute Gasteiger partial charge is 0.405 e. The predicted molar refractivity (Wildman–Crippen MR) is 157 cm³/mol. The lowest BCUT2D eigenvalue weighted by Crippen LogP contribution is -2.38. The number of aromatic nitrogens is 6. The summed E-state index contributed by atoms with van der Waals surface area (Å²) in [6.45, 7) is 2.30. The van der Waals surface area contributed by atoms with Crippen LogP contribution in [-0.2, 0) is 21.2 Å². The Bertz CT molecular complexity index is 1940. The molecular formula is C27H26BrF3N8O3S. The molecule has 5 rings (SSSR count). The predicted octanol–water partition coefficient (Wildman–Crippen LogP) is 4.15. The number of nitrogens with one attached hydrogen (secondary N) is 2. The van der Waals surface area contributed by atoms with Crippen LogP contribution >= 0.6 is 15.9 Å². The molecule has 16 heteroatoms. The second-order valence-corrected chi connectivity index (χ2v) is 12.6. The second kappa shape index (κ2) is 11.7. The highest BCUT2D eigenvalue weighted by Crippen LogP contribution is 2.33. The lowest BCUT2D eigenvalue weighted by atomic mass is 10.2. The smallest absolute Gasteiger partial charge is 0.345 e. The first-order valence-electron chi connectivity index (χ1n) is 13.0. The van der Waals surface area contributed by atoms with E-state index in [-0.39, 0.29) is 22.0 Å². The Morgan fingerprint density at radius 1 is 1.09 bits per heavy atom. The number of pyridine rings is 1. The Labute approximate surface area is 252 Å². The number of rotatable bonds is 9. The van der Waals surface area contributed by atoms with Gasteiger partial charge in [0.2, 0.25) is 5.91 Å². The lowest BCUT2D eigenvalue weighted by molar-refractivity contribution is -0.140. The van der Waals surface area contributed by atoms with E-state index in [0.29, 0.717) is 39.7 Å². The maximum absolute atomic E-state index is 13.7. The quantitative estimate of drug-likeness (QED) is 0.237. The van der Waals surface area contributed by atoms with Crippen LogP contribution in [0.3, 0.4) is 0 Å². The molecule has 1 amide bonds. The molecule has 226 valence electrons. The number of hydrogen-bond donors (Lipinski definition) is 2. The van der Waals surface area contributed by atoms with Gasteiger partial charge in [0.1, 0.15) is 23.9 Å². The van der Waals surface area contributed by atoms with Crippen LogP contribution in [0.5, 0.6) is 0 Å². The van der Waals surface area contributed by atoms with E-state index in [4.69, 9.17) is 0 Å². The van der Waals surface area contributed by atoms with Gasteiger partial charge in [-0.25, -0.2) is 32.3 Å². The van der Waals surface area contributed by atoms with Gasteiger partial charge in [0.15, 0.2) is 17.1 Å². The molecule has 0 spiro atoms. The standard InChI is InChI=1S/C27H26BrF3N8O3S/c1-15-4-6-18(7-5-15)43(41,42)38-13-20(19-10-17(28)11-34-24(19)38)23-33-12-21-25(37-23)39(22(36-21)8-9-32-3)16(2)26(40)35-14-27(29,30)31/h4-7,10-13,16,32H,8-9,14H2,1-3H3,(H,35,40).